The highest BCUT2D eigenvalue weighted by atomic mass is 35.5. The van der Waals surface area contributed by atoms with E-state index >= 15 is 0 Å². The molecule has 0 amide bonds. The Hall–Kier alpha value is -1.06. The van der Waals surface area contributed by atoms with E-state index in [-0.39, 0.29) is 38.1 Å². The molecule has 2 aromatic rings. The molecule has 0 atom stereocenters. The van der Waals surface area contributed by atoms with Gasteiger partial charge in [0.05, 0.1) is 32.4 Å². The Balaban J connectivity index is 2.52. The third kappa shape index (κ3) is 4.07. The van der Waals surface area contributed by atoms with E-state index in [1.165, 1.54) is 6.92 Å². The molecule has 1 aromatic carbocycles. The molecule has 0 aliphatic carbocycles. The summed E-state index contributed by atoms with van der Waals surface area (Å²) in [5.74, 6) is 0. The van der Waals surface area contributed by atoms with E-state index < -0.39 is 17.2 Å². The minimum Gasteiger partial charge on any atom is -0.234 e. The molecular formula is C12H6Cl2F6N2S. The molecule has 0 unspecified atom stereocenters. The summed E-state index contributed by atoms with van der Waals surface area (Å²) in [5, 5.41) is 2.98. The molecule has 0 aliphatic heterocycles. The molecule has 0 saturated carbocycles. The Morgan fingerprint density at radius 3 is 2.00 bits per heavy atom. The monoisotopic (exact) mass is 394 g/mol. The normalized spacial score (nSPS) is 12.7. The fourth-order valence-corrected chi connectivity index (χ4v) is 3.01. The number of hydrogen-bond acceptors (Lipinski definition) is 2. The van der Waals surface area contributed by atoms with Crippen LogP contribution >= 0.6 is 35.0 Å². The number of aromatic nitrogens is 2. The van der Waals surface area contributed by atoms with E-state index in [0.29, 0.717) is 12.1 Å². The molecule has 0 fully saturated rings. The zero-order valence-electron chi connectivity index (χ0n) is 11.1. The average molecular weight is 395 g/mol. The lowest BCUT2D eigenvalue weighted by Crippen LogP contribution is -2.08. The molecule has 2 nitrogen and oxygen atoms in total. The van der Waals surface area contributed by atoms with Gasteiger partial charge in [-0.05, 0) is 30.8 Å². The SMILES string of the molecule is Cc1c(SC(F)(F)F)cnn1-c1c(Cl)cc(C(F)(F)F)cc1Cl. The van der Waals surface area contributed by atoms with Crippen LogP contribution in [0, 0.1) is 6.92 Å². The van der Waals surface area contributed by atoms with Crippen LogP contribution in [-0.2, 0) is 6.18 Å². The molecule has 11 heteroatoms. The molecule has 0 N–H and O–H groups in total. The van der Waals surface area contributed by atoms with E-state index in [1.54, 1.807) is 0 Å². The zero-order chi connectivity index (χ0) is 17.6. The molecule has 0 spiro atoms. The quantitative estimate of drug-likeness (QED) is 0.451. The maximum Gasteiger partial charge on any atom is 0.446 e. The fourth-order valence-electron chi connectivity index (χ4n) is 1.78. The smallest absolute Gasteiger partial charge is 0.234 e. The first-order chi connectivity index (χ1) is 10.4. The van der Waals surface area contributed by atoms with Crippen LogP contribution in [-0.4, -0.2) is 15.3 Å². The Morgan fingerprint density at radius 1 is 1.04 bits per heavy atom. The first kappa shape index (κ1) is 18.3. The predicted molar refractivity (Wildman–Crippen MR) is 75.2 cm³/mol. The van der Waals surface area contributed by atoms with Crippen molar-refractivity contribution in [2.75, 3.05) is 0 Å². The predicted octanol–water partition coefficient (Wildman–Crippen LogP) is 6.12. The summed E-state index contributed by atoms with van der Waals surface area (Å²) in [6, 6.07) is 1.28. The summed E-state index contributed by atoms with van der Waals surface area (Å²) in [7, 11) is 0. The Morgan fingerprint density at radius 2 is 1.57 bits per heavy atom. The average Bonchev–Trinajstić information content (AvgIpc) is 2.68. The number of hydrogen-bond donors (Lipinski definition) is 0. The molecule has 0 saturated heterocycles. The van der Waals surface area contributed by atoms with Gasteiger partial charge in [0.25, 0.3) is 0 Å². The highest BCUT2D eigenvalue weighted by Gasteiger charge is 2.34. The molecule has 0 radical (unpaired) electrons. The Bertz CT molecular complexity index is 715. The number of rotatable bonds is 2. The maximum absolute atomic E-state index is 12.7. The molecule has 0 bridgehead atoms. The number of benzene rings is 1. The maximum atomic E-state index is 12.7. The van der Waals surface area contributed by atoms with Crippen molar-refractivity contribution in [2.24, 2.45) is 0 Å². The summed E-state index contributed by atoms with van der Waals surface area (Å²) in [6.07, 6.45) is -3.71. The summed E-state index contributed by atoms with van der Waals surface area (Å²) >= 11 is 11.2. The van der Waals surface area contributed by atoms with E-state index in [1.807, 2.05) is 0 Å². The third-order valence-corrected chi connectivity index (χ3v) is 4.17. The van der Waals surface area contributed by atoms with Gasteiger partial charge in [0.2, 0.25) is 0 Å². The van der Waals surface area contributed by atoms with Crippen molar-refractivity contribution >= 4 is 35.0 Å². The second-order valence-corrected chi connectivity index (χ2v) is 6.26. The van der Waals surface area contributed by atoms with Crippen LogP contribution in [0.3, 0.4) is 0 Å². The topological polar surface area (TPSA) is 17.8 Å². The summed E-state index contributed by atoms with van der Waals surface area (Å²) in [5.41, 5.74) is -5.65. The van der Waals surface area contributed by atoms with E-state index in [4.69, 9.17) is 23.2 Å². The molecule has 1 heterocycles. The Kier molecular flexibility index (Phi) is 4.85. The number of halogens is 8. The second-order valence-electron chi connectivity index (χ2n) is 4.34. The lowest BCUT2D eigenvalue weighted by atomic mass is 10.2. The number of nitrogens with zero attached hydrogens (tertiary/aromatic N) is 2. The largest absolute Gasteiger partial charge is 0.446 e. The number of alkyl halides is 6. The summed E-state index contributed by atoms with van der Waals surface area (Å²) < 4.78 is 76.3. The van der Waals surface area contributed by atoms with Gasteiger partial charge in [-0.15, -0.1) is 0 Å². The van der Waals surface area contributed by atoms with E-state index in [0.717, 1.165) is 10.9 Å². The van der Waals surface area contributed by atoms with Crippen molar-refractivity contribution in [1.82, 2.24) is 9.78 Å². The van der Waals surface area contributed by atoms with Crippen LogP contribution in [0.25, 0.3) is 5.69 Å². The fraction of sp³-hybridized carbons (Fsp3) is 0.250. The molecular weight excluding hydrogens is 389 g/mol. The number of thioether (sulfide) groups is 1. The molecule has 2 rings (SSSR count). The van der Waals surface area contributed by atoms with Gasteiger partial charge in [0.1, 0.15) is 5.69 Å². The second kappa shape index (κ2) is 6.10. The van der Waals surface area contributed by atoms with Crippen LogP contribution in [0.5, 0.6) is 0 Å². The van der Waals surface area contributed by atoms with Crippen molar-refractivity contribution in [3.63, 3.8) is 0 Å². The van der Waals surface area contributed by atoms with Gasteiger partial charge in [-0.2, -0.15) is 31.4 Å². The first-order valence-electron chi connectivity index (χ1n) is 5.77. The van der Waals surface area contributed by atoms with Crippen molar-refractivity contribution in [3.05, 3.63) is 39.6 Å². The molecule has 0 aliphatic rings. The third-order valence-electron chi connectivity index (χ3n) is 2.75. The molecule has 23 heavy (non-hydrogen) atoms. The van der Waals surface area contributed by atoms with Crippen molar-refractivity contribution in [1.29, 1.82) is 0 Å². The minimum absolute atomic E-state index is 0.0517. The van der Waals surface area contributed by atoms with E-state index in [9.17, 15) is 26.3 Å². The summed E-state index contributed by atoms with van der Waals surface area (Å²) in [4.78, 5) is -0.204. The van der Waals surface area contributed by atoms with Gasteiger partial charge in [-0.3, -0.25) is 0 Å². The summed E-state index contributed by atoms with van der Waals surface area (Å²) in [6.45, 7) is 1.32. The lowest BCUT2D eigenvalue weighted by Gasteiger charge is -2.13. The van der Waals surface area contributed by atoms with Crippen molar-refractivity contribution < 1.29 is 26.3 Å². The molecule has 126 valence electrons. The van der Waals surface area contributed by atoms with E-state index in [2.05, 4.69) is 5.10 Å². The zero-order valence-corrected chi connectivity index (χ0v) is 13.4. The van der Waals surface area contributed by atoms with Crippen LogP contribution in [0.2, 0.25) is 10.0 Å². The van der Waals surface area contributed by atoms with Crippen LogP contribution in [0.4, 0.5) is 26.3 Å². The highest BCUT2D eigenvalue weighted by Crippen LogP contribution is 2.41. The van der Waals surface area contributed by atoms with Gasteiger partial charge in [0, 0.05) is 0 Å². The highest BCUT2D eigenvalue weighted by molar-refractivity contribution is 8.00. The van der Waals surface area contributed by atoms with Gasteiger partial charge < -0.3 is 0 Å². The van der Waals surface area contributed by atoms with Gasteiger partial charge in [-0.25, -0.2) is 4.68 Å². The van der Waals surface area contributed by atoms with Crippen LogP contribution < -0.4 is 0 Å². The Labute approximate surface area is 140 Å². The minimum atomic E-state index is -4.65. The van der Waals surface area contributed by atoms with Gasteiger partial charge >= 0.3 is 11.7 Å². The van der Waals surface area contributed by atoms with Crippen molar-refractivity contribution in [2.45, 2.75) is 23.5 Å². The molecule has 1 aromatic heterocycles. The van der Waals surface area contributed by atoms with Crippen LogP contribution in [0.15, 0.2) is 23.2 Å². The van der Waals surface area contributed by atoms with Crippen LogP contribution in [0.1, 0.15) is 11.3 Å². The van der Waals surface area contributed by atoms with Gasteiger partial charge in [0.15, 0.2) is 0 Å². The standard InChI is InChI=1S/C12H6Cl2F6N2S/c1-5-9(23-12(18,19)20)4-21-22(5)10-7(13)2-6(3-8(10)14)11(15,16)17/h2-4H,1H3. The van der Waals surface area contributed by atoms with Crippen molar-refractivity contribution in [3.8, 4) is 5.69 Å². The lowest BCUT2D eigenvalue weighted by molar-refractivity contribution is -0.137. The first-order valence-corrected chi connectivity index (χ1v) is 7.34. The van der Waals surface area contributed by atoms with Gasteiger partial charge in [-0.1, -0.05) is 23.2 Å².